The molecule has 2 aromatic carbocycles. The molecule has 0 saturated heterocycles. The molecule has 0 atom stereocenters. The second-order valence-corrected chi connectivity index (χ2v) is 8.09. The zero-order valence-electron chi connectivity index (χ0n) is 16.3. The van der Waals surface area contributed by atoms with Gasteiger partial charge in [0.2, 0.25) is 10.0 Å². The molecule has 8 nitrogen and oxygen atoms in total. The first kappa shape index (κ1) is 21.8. The molecule has 0 aliphatic rings. The van der Waals surface area contributed by atoms with Crippen LogP contribution in [0.1, 0.15) is 15.9 Å². The summed E-state index contributed by atoms with van der Waals surface area (Å²) in [5.41, 5.74) is 6.56. The molecule has 0 aliphatic carbocycles. The summed E-state index contributed by atoms with van der Waals surface area (Å²) in [6.45, 7) is 3.84. The predicted molar refractivity (Wildman–Crippen MR) is 120 cm³/mol. The monoisotopic (exact) mass is 436 g/mol. The second-order valence-electron chi connectivity index (χ2n) is 6.53. The molecule has 0 saturated carbocycles. The molecular weight excluding hydrogens is 416 g/mol. The number of amides is 1. The number of hydrogen-bond acceptors (Lipinski definition) is 5. The van der Waals surface area contributed by atoms with E-state index < -0.39 is 21.5 Å². The minimum absolute atomic E-state index is 0.0917. The summed E-state index contributed by atoms with van der Waals surface area (Å²) in [7, 11) is -3.85. The molecule has 0 aliphatic heterocycles. The Bertz CT molecular complexity index is 1440. The van der Waals surface area contributed by atoms with Crippen LogP contribution in [0.3, 0.4) is 0 Å². The minimum atomic E-state index is -3.85. The molecule has 0 unspecified atom stereocenters. The summed E-state index contributed by atoms with van der Waals surface area (Å²) < 4.78 is 22.7. The number of nitrogens with two attached hydrogens (primary N) is 2. The van der Waals surface area contributed by atoms with Crippen LogP contribution in [0.25, 0.3) is 11.8 Å². The second kappa shape index (κ2) is 8.82. The number of allylic oxidation sites excluding steroid dienone is 1. The molecule has 0 radical (unpaired) electrons. The molecule has 0 bridgehead atoms. The number of nitrogens with one attached hydrogen (secondary N) is 2. The van der Waals surface area contributed by atoms with E-state index in [-0.39, 0.29) is 10.5 Å². The Morgan fingerprint density at radius 2 is 1.77 bits per heavy atom. The summed E-state index contributed by atoms with van der Waals surface area (Å²) in [5, 5.41) is 9.19. The summed E-state index contributed by atoms with van der Waals surface area (Å²) in [5.74, 6) is -0.659. The van der Waals surface area contributed by atoms with E-state index in [9.17, 15) is 18.0 Å². The molecule has 6 N–H and O–H groups in total. The number of anilines is 1. The molecule has 31 heavy (non-hydrogen) atoms. The maximum atomic E-state index is 12.7. The highest BCUT2D eigenvalue weighted by Gasteiger charge is 2.14. The van der Waals surface area contributed by atoms with E-state index in [4.69, 9.17) is 10.9 Å². The summed E-state index contributed by atoms with van der Waals surface area (Å²) in [4.78, 5) is 27.5. The molecular formula is C22H20N4O4S. The van der Waals surface area contributed by atoms with Gasteiger partial charge in [0.05, 0.1) is 4.90 Å². The van der Waals surface area contributed by atoms with Gasteiger partial charge in [-0.15, -0.1) is 0 Å². The minimum Gasteiger partial charge on any atom is -0.404 e. The Kier molecular flexibility index (Phi) is 6.19. The first-order chi connectivity index (χ1) is 14.7. The quantitative estimate of drug-likeness (QED) is 0.456. The lowest BCUT2D eigenvalue weighted by molar-refractivity contribution is 0.102. The fourth-order valence-corrected chi connectivity index (χ4v) is 3.52. The van der Waals surface area contributed by atoms with Gasteiger partial charge in [-0.05, 0) is 51.9 Å². The lowest BCUT2D eigenvalue weighted by atomic mass is 10.0. The Balaban J connectivity index is 2.02. The molecule has 1 aromatic heterocycles. The number of carbonyl (C=O) groups is 1. The van der Waals surface area contributed by atoms with Gasteiger partial charge in [-0.1, -0.05) is 36.9 Å². The van der Waals surface area contributed by atoms with E-state index in [1.807, 2.05) is 24.3 Å². The third kappa shape index (κ3) is 4.80. The lowest BCUT2D eigenvalue weighted by Crippen LogP contribution is -2.28. The van der Waals surface area contributed by atoms with Crippen molar-refractivity contribution in [3.63, 3.8) is 0 Å². The highest BCUT2D eigenvalue weighted by molar-refractivity contribution is 7.89. The van der Waals surface area contributed by atoms with E-state index in [0.29, 0.717) is 16.8 Å². The van der Waals surface area contributed by atoms with E-state index in [2.05, 4.69) is 16.9 Å². The van der Waals surface area contributed by atoms with Gasteiger partial charge in [0.1, 0.15) is 5.56 Å². The number of sulfonamides is 1. The van der Waals surface area contributed by atoms with E-state index in [1.165, 1.54) is 42.7 Å². The van der Waals surface area contributed by atoms with Crippen LogP contribution >= 0.6 is 0 Å². The summed E-state index contributed by atoms with van der Waals surface area (Å²) in [6.07, 6.45) is 4.57. The Morgan fingerprint density at radius 1 is 1.10 bits per heavy atom. The first-order valence-corrected chi connectivity index (χ1v) is 10.6. The van der Waals surface area contributed by atoms with Crippen LogP contribution in [0, 0.1) is 0 Å². The molecule has 0 fully saturated rings. The number of H-pyrrole nitrogens is 1. The number of aromatic nitrogens is 1. The van der Waals surface area contributed by atoms with Crippen molar-refractivity contribution in [2.45, 2.75) is 4.90 Å². The van der Waals surface area contributed by atoms with Crippen molar-refractivity contribution in [2.75, 3.05) is 5.32 Å². The Hall–Kier alpha value is -3.95. The van der Waals surface area contributed by atoms with Crippen LogP contribution in [0.2, 0.25) is 0 Å². The molecule has 158 valence electrons. The summed E-state index contributed by atoms with van der Waals surface area (Å²) in [6, 6.07) is 14.1. The molecule has 0 spiro atoms. The van der Waals surface area contributed by atoms with Gasteiger partial charge in [-0.25, -0.2) is 13.6 Å². The third-order valence-electron chi connectivity index (χ3n) is 4.53. The Morgan fingerprint density at radius 3 is 2.39 bits per heavy atom. The van der Waals surface area contributed by atoms with Crippen molar-refractivity contribution in [3.8, 4) is 0 Å². The van der Waals surface area contributed by atoms with Crippen LogP contribution in [0.15, 0.2) is 83.1 Å². The third-order valence-corrected chi connectivity index (χ3v) is 5.46. The van der Waals surface area contributed by atoms with E-state index >= 15 is 0 Å². The van der Waals surface area contributed by atoms with Crippen molar-refractivity contribution < 1.29 is 13.2 Å². The molecule has 9 heteroatoms. The van der Waals surface area contributed by atoms with Crippen molar-refractivity contribution in [2.24, 2.45) is 10.9 Å². The number of rotatable bonds is 5. The fraction of sp³-hybridized carbons (Fsp3) is 0. The van der Waals surface area contributed by atoms with Crippen LogP contribution < -0.4 is 32.2 Å². The van der Waals surface area contributed by atoms with E-state index in [1.54, 1.807) is 6.08 Å². The average molecular weight is 436 g/mol. The zero-order valence-corrected chi connectivity index (χ0v) is 17.1. The SMILES string of the molecule is C=C/C(c1c[nH]c(=O)c(C(=O)Nc2ccc(S(N)(=O)=O)cc2)c1)=c1/cccc/c1=C/N. The predicted octanol–water partition coefficient (Wildman–Crippen LogP) is 0.356. The van der Waals surface area contributed by atoms with Gasteiger partial charge in [-0.3, -0.25) is 9.59 Å². The molecule has 3 aromatic rings. The van der Waals surface area contributed by atoms with Crippen LogP contribution in [-0.4, -0.2) is 19.3 Å². The van der Waals surface area contributed by atoms with Crippen LogP contribution in [0.4, 0.5) is 5.69 Å². The smallest absolute Gasteiger partial charge is 0.261 e. The Labute approximate surface area is 178 Å². The fourth-order valence-electron chi connectivity index (χ4n) is 3.01. The number of primary sulfonamides is 1. The van der Waals surface area contributed by atoms with Gasteiger partial charge < -0.3 is 16.0 Å². The van der Waals surface area contributed by atoms with Crippen molar-refractivity contribution >= 4 is 33.4 Å². The van der Waals surface area contributed by atoms with Gasteiger partial charge in [-0.2, -0.15) is 0 Å². The highest BCUT2D eigenvalue weighted by Crippen LogP contribution is 2.15. The van der Waals surface area contributed by atoms with Crippen molar-refractivity contribution in [1.82, 2.24) is 4.98 Å². The largest absolute Gasteiger partial charge is 0.404 e. The number of hydrogen-bond donors (Lipinski definition) is 4. The van der Waals surface area contributed by atoms with Crippen molar-refractivity contribution in [1.29, 1.82) is 0 Å². The van der Waals surface area contributed by atoms with E-state index in [0.717, 1.165) is 10.4 Å². The number of benzene rings is 2. The van der Waals surface area contributed by atoms with Gasteiger partial charge in [0.15, 0.2) is 0 Å². The molecule has 3 rings (SSSR count). The number of carbonyl (C=O) groups excluding carboxylic acids is 1. The first-order valence-electron chi connectivity index (χ1n) is 9.05. The normalized spacial score (nSPS) is 12.9. The summed E-state index contributed by atoms with van der Waals surface area (Å²) >= 11 is 0. The standard InChI is InChI=1S/C22H20N4O4S/c1-2-18(19-6-4-3-5-14(19)12-23)15-11-20(21(27)25-13-15)22(28)26-16-7-9-17(10-8-16)31(24,29)30/h2-13H,1,23H2,(H,25,27)(H,26,28)(H2,24,29,30)/b14-12-,19-18+. The van der Waals surface area contributed by atoms with Crippen molar-refractivity contribution in [3.05, 3.63) is 105 Å². The van der Waals surface area contributed by atoms with Crippen LogP contribution in [-0.2, 0) is 10.0 Å². The topological polar surface area (TPSA) is 148 Å². The highest BCUT2D eigenvalue weighted by atomic mass is 32.2. The molecule has 1 heterocycles. The van der Waals surface area contributed by atoms with Gasteiger partial charge in [0, 0.05) is 18.1 Å². The maximum Gasteiger partial charge on any atom is 0.261 e. The van der Waals surface area contributed by atoms with Crippen LogP contribution in [0.5, 0.6) is 0 Å². The number of aromatic amines is 1. The number of pyridine rings is 1. The molecule has 1 amide bonds. The van der Waals surface area contributed by atoms with Gasteiger partial charge >= 0.3 is 0 Å². The zero-order chi connectivity index (χ0) is 22.6. The van der Waals surface area contributed by atoms with Gasteiger partial charge in [0.25, 0.3) is 11.5 Å². The maximum absolute atomic E-state index is 12.7. The lowest BCUT2D eigenvalue weighted by Gasteiger charge is -2.08. The average Bonchev–Trinajstić information content (AvgIpc) is 2.75.